The van der Waals surface area contributed by atoms with Crippen molar-refractivity contribution in [1.29, 1.82) is 0 Å². The minimum atomic E-state index is 0.692. The Balaban J connectivity index is 2.20. The average Bonchev–Trinajstić information content (AvgIpc) is 2.60. The summed E-state index contributed by atoms with van der Waals surface area (Å²) >= 11 is 0. The molecule has 0 amide bonds. The van der Waals surface area contributed by atoms with Gasteiger partial charge in [0.15, 0.2) is 11.5 Å². The number of nitrogens with zero attached hydrogens (tertiary/aromatic N) is 1. The molecular weight excluding hydrogens is 278 g/mol. The fourth-order valence-electron chi connectivity index (χ4n) is 2.48. The first-order valence-corrected chi connectivity index (χ1v) is 6.92. The van der Waals surface area contributed by atoms with Crippen molar-refractivity contribution in [2.24, 2.45) is 0 Å². The van der Waals surface area contributed by atoms with Gasteiger partial charge in [0.1, 0.15) is 5.75 Å². The van der Waals surface area contributed by atoms with E-state index in [0.29, 0.717) is 11.5 Å². The number of aromatic nitrogens is 1. The van der Waals surface area contributed by atoms with Crippen LogP contribution in [0.3, 0.4) is 0 Å². The topological polar surface area (TPSA) is 40.6 Å². The number of rotatable bonds is 4. The zero-order chi connectivity index (χ0) is 15.5. The van der Waals surface area contributed by atoms with Gasteiger partial charge >= 0.3 is 0 Å². The summed E-state index contributed by atoms with van der Waals surface area (Å²) in [6.45, 7) is 0. The van der Waals surface area contributed by atoms with Crippen molar-refractivity contribution in [2.45, 2.75) is 0 Å². The van der Waals surface area contributed by atoms with Crippen LogP contribution in [-0.2, 0) is 0 Å². The Morgan fingerprint density at radius 3 is 2.09 bits per heavy atom. The molecule has 3 aromatic rings. The van der Waals surface area contributed by atoms with Crippen LogP contribution in [0.15, 0.2) is 48.7 Å². The molecule has 2 aromatic carbocycles. The molecule has 0 aliphatic heterocycles. The summed E-state index contributed by atoms with van der Waals surface area (Å²) in [5.74, 6) is 2.22. The van der Waals surface area contributed by atoms with Gasteiger partial charge in [-0.3, -0.25) is 4.98 Å². The molecule has 0 aliphatic carbocycles. The van der Waals surface area contributed by atoms with Gasteiger partial charge in [0.25, 0.3) is 0 Å². The lowest BCUT2D eigenvalue weighted by atomic mass is 10.0. The fraction of sp³-hybridized carbons (Fsp3) is 0.167. The molecule has 1 heterocycles. The monoisotopic (exact) mass is 295 g/mol. The van der Waals surface area contributed by atoms with E-state index >= 15 is 0 Å². The van der Waals surface area contributed by atoms with Crippen molar-refractivity contribution in [3.63, 3.8) is 0 Å². The number of methoxy groups -OCH3 is 3. The molecule has 112 valence electrons. The zero-order valence-electron chi connectivity index (χ0n) is 12.8. The number of benzene rings is 2. The summed E-state index contributed by atoms with van der Waals surface area (Å²) in [5, 5.41) is 2.07. The quantitative estimate of drug-likeness (QED) is 0.731. The molecule has 22 heavy (non-hydrogen) atoms. The number of pyridine rings is 1. The lowest BCUT2D eigenvalue weighted by Crippen LogP contribution is -1.93. The maximum Gasteiger partial charge on any atom is 0.161 e. The van der Waals surface area contributed by atoms with Crippen LogP contribution in [-0.4, -0.2) is 26.3 Å². The minimum absolute atomic E-state index is 0.692. The van der Waals surface area contributed by atoms with Gasteiger partial charge in [-0.15, -0.1) is 0 Å². The van der Waals surface area contributed by atoms with Crippen LogP contribution in [0.25, 0.3) is 22.0 Å². The van der Waals surface area contributed by atoms with Gasteiger partial charge in [-0.05, 0) is 47.9 Å². The Kier molecular flexibility index (Phi) is 3.83. The van der Waals surface area contributed by atoms with Crippen LogP contribution < -0.4 is 14.2 Å². The van der Waals surface area contributed by atoms with Gasteiger partial charge in [0.2, 0.25) is 0 Å². The normalized spacial score (nSPS) is 10.5. The van der Waals surface area contributed by atoms with Gasteiger partial charge < -0.3 is 14.2 Å². The maximum absolute atomic E-state index is 5.40. The summed E-state index contributed by atoms with van der Waals surface area (Å²) < 4.78 is 16.0. The van der Waals surface area contributed by atoms with Gasteiger partial charge in [0.05, 0.1) is 27.0 Å². The van der Waals surface area contributed by atoms with Crippen LogP contribution in [0.1, 0.15) is 0 Å². The zero-order valence-corrected chi connectivity index (χ0v) is 12.8. The molecule has 0 aliphatic rings. The van der Waals surface area contributed by atoms with E-state index in [4.69, 9.17) is 14.2 Å². The minimum Gasteiger partial charge on any atom is -0.497 e. The van der Waals surface area contributed by atoms with Gasteiger partial charge in [0, 0.05) is 17.1 Å². The summed E-state index contributed by atoms with van der Waals surface area (Å²) in [6.07, 6.45) is 1.80. The second-order valence-corrected chi connectivity index (χ2v) is 4.82. The Morgan fingerprint density at radius 1 is 0.773 bits per heavy atom. The summed E-state index contributed by atoms with van der Waals surface area (Å²) in [5.41, 5.74) is 1.93. The third kappa shape index (κ3) is 2.44. The van der Waals surface area contributed by atoms with Crippen molar-refractivity contribution in [3.8, 4) is 28.5 Å². The second kappa shape index (κ2) is 5.93. The maximum atomic E-state index is 5.40. The van der Waals surface area contributed by atoms with Crippen LogP contribution >= 0.6 is 0 Å². The van der Waals surface area contributed by atoms with Crippen molar-refractivity contribution >= 4 is 10.8 Å². The molecule has 1 aromatic heterocycles. The Morgan fingerprint density at radius 2 is 1.45 bits per heavy atom. The molecule has 0 radical (unpaired) electrons. The highest BCUT2D eigenvalue weighted by Crippen LogP contribution is 2.36. The summed E-state index contributed by atoms with van der Waals surface area (Å²) in [7, 11) is 4.92. The van der Waals surface area contributed by atoms with Crippen LogP contribution in [0.2, 0.25) is 0 Å². The standard InChI is InChI=1S/C18H17NO3/c1-20-14-6-4-12(5-7-14)18-15-11-17(22-3)16(21-2)10-13(15)8-9-19-18/h4-11H,1-3H3. The van der Waals surface area contributed by atoms with Gasteiger partial charge in [-0.25, -0.2) is 0 Å². The molecule has 4 heteroatoms. The SMILES string of the molecule is COc1ccc(-c2nccc3cc(OC)c(OC)cc23)cc1. The average molecular weight is 295 g/mol. The third-order valence-corrected chi connectivity index (χ3v) is 3.63. The Labute approximate surface area is 129 Å². The number of fused-ring (bicyclic) bond motifs is 1. The molecule has 0 atom stereocenters. The Hall–Kier alpha value is -2.75. The van der Waals surface area contributed by atoms with Crippen molar-refractivity contribution in [2.75, 3.05) is 21.3 Å². The molecule has 0 unspecified atom stereocenters. The molecule has 0 saturated carbocycles. The smallest absolute Gasteiger partial charge is 0.161 e. The van der Waals surface area contributed by atoms with Gasteiger partial charge in [-0.2, -0.15) is 0 Å². The molecule has 0 N–H and O–H groups in total. The molecule has 0 fully saturated rings. The molecule has 3 rings (SSSR count). The molecule has 0 saturated heterocycles. The van der Waals surface area contributed by atoms with E-state index in [1.54, 1.807) is 27.5 Å². The second-order valence-electron chi connectivity index (χ2n) is 4.82. The summed E-state index contributed by atoms with van der Waals surface area (Å²) in [4.78, 5) is 4.53. The van der Waals surface area contributed by atoms with Crippen molar-refractivity contribution in [3.05, 3.63) is 48.7 Å². The number of hydrogen-bond acceptors (Lipinski definition) is 4. The lowest BCUT2D eigenvalue weighted by Gasteiger charge is -2.12. The van der Waals surface area contributed by atoms with Crippen LogP contribution in [0, 0.1) is 0 Å². The highest BCUT2D eigenvalue weighted by Gasteiger charge is 2.11. The predicted octanol–water partition coefficient (Wildman–Crippen LogP) is 3.93. The Bertz CT molecular complexity index is 797. The number of hydrogen-bond donors (Lipinski definition) is 0. The lowest BCUT2D eigenvalue weighted by molar-refractivity contribution is 0.356. The molecule has 0 bridgehead atoms. The largest absolute Gasteiger partial charge is 0.497 e. The van der Waals surface area contributed by atoms with Gasteiger partial charge in [-0.1, -0.05) is 0 Å². The highest BCUT2D eigenvalue weighted by atomic mass is 16.5. The van der Waals surface area contributed by atoms with E-state index in [1.807, 2.05) is 42.5 Å². The summed E-state index contributed by atoms with van der Waals surface area (Å²) in [6, 6.07) is 13.7. The predicted molar refractivity (Wildman–Crippen MR) is 86.8 cm³/mol. The van der Waals surface area contributed by atoms with Crippen LogP contribution in [0.4, 0.5) is 0 Å². The van der Waals surface area contributed by atoms with E-state index in [2.05, 4.69) is 4.98 Å². The molecule has 4 nitrogen and oxygen atoms in total. The first-order valence-electron chi connectivity index (χ1n) is 6.92. The number of ether oxygens (including phenoxy) is 3. The first-order chi connectivity index (χ1) is 10.8. The van der Waals surface area contributed by atoms with Crippen molar-refractivity contribution < 1.29 is 14.2 Å². The van der Waals surface area contributed by atoms with Crippen molar-refractivity contribution in [1.82, 2.24) is 4.98 Å². The van der Waals surface area contributed by atoms with E-state index in [0.717, 1.165) is 27.8 Å². The van der Waals surface area contributed by atoms with Crippen LogP contribution in [0.5, 0.6) is 17.2 Å². The molecular formula is C18H17NO3. The van der Waals surface area contributed by atoms with E-state index in [-0.39, 0.29) is 0 Å². The van der Waals surface area contributed by atoms with E-state index in [9.17, 15) is 0 Å². The third-order valence-electron chi connectivity index (χ3n) is 3.63. The highest BCUT2D eigenvalue weighted by molar-refractivity contribution is 5.96. The fourth-order valence-corrected chi connectivity index (χ4v) is 2.48. The molecule has 0 spiro atoms. The first kappa shape index (κ1) is 14.2. The van der Waals surface area contributed by atoms with E-state index in [1.165, 1.54) is 0 Å². The van der Waals surface area contributed by atoms with E-state index < -0.39 is 0 Å².